The monoisotopic (exact) mass is 268 g/mol. The Balaban J connectivity index is 2.21. The molecule has 3 N–H and O–H groups in total. The number of aromatic nitrogens is 2. The number of nitrogens with zero attached hydrogens (tertiary/aromatic N) is 2. The first kappa shape index (κ1) is 11.6. The highest BCUT2D eigenvalue weighted by atomic mass is 35.5. The standard InChI is InChI=1S/C14H9ClN4/c15-10-5-11(17)13-12(6-10)18-14(19-13)9-3-1-2-8(4-9)7-16/h1-6H,17H2,(H,18,19). The molecule has 92 valence electrons. The van der Waals surface area contributed by atoms with Gasteiger partial charge in [0.1, 0.15) is 11.3 Å². The molecule has 0 fully saturated rings. The predicted molar refractivity (Wildman–Crippen MR) is 75.7 cm³/mol. The molecule has 0 bridgehead atoms. The number of nitrogens with two attached hydrogens (primary N) is 1. The summed E-state index contributed by atoms with van der Waals surface area (Å²) in [5, 5.41) is 9.47. The molecule has 3 aromatic rings. The summed E-state index contributed by atoms with van der Waals surface area (Å²) in [6.45, 7) is 0. The number of nitrogen functional groups attached to an aromatic ring is 1. The number of imidazole rings is 1. The average Bonchev–Trinajstić information content (AvgIpc) is 2.83. The van der Waals surface area contributed by atoms with E-state index in [1.807, 2.05) is 12.1 Å². The Kier molecular flexibility index (Phi) is 2.62. The van der Waals surface area contributed by atoms with E-state index >= 15 is 0 Å². The molecular formula is C14H9ClN4. The first-order valence-corrected chi connectivity index (χ1v) is 6.00. The van der Waals surface area contributed by atoms with Crippen molar-refractivity contribution >= 4 is 28.3 Å². The number of nitrogens with one attached hydrogen (secondary N) is 1. The van der Waals surface area contributed by atoms with Crippen LogP contribution in [0.25, 0.3) is 22.4 Å². The van der Waals surface area contributed by atoms with Crippen molar-refractivity contribution in [1.29, 1.82) is 5.26 Å². The lowest BCUT2D eigenvalue weighted by Gasteiger charge is -1.96. The Bertz CT molecular complexity index is 814. The third-order valence-corrected chi connectivity index (χ3v) is 3.06. The van der Waals surface area contributed by atoms with Crippen LogP contribution in [0.5, 0.6) is 0 Å². The van der Waals surface area contributed by atoms with E-state index in [-0.39, 0.29) is 0 Å². The second-order valence-corrected chi connectivity index (χ2v) is 4.61. The highest BCUT2D eigenvalue weighted by molar-refractivity contribution is 6.31. The first-order chi connectivity index (χ1) is 9.17. The van der Waals surface area contributed by atoms with Crippen LogP contribution >= 0.6 is 11.6 Å². The zero-order valence-electron chi connectivity index (χ0n) is 9.81. The van der Waals surface area contributed by atoms with Crippen molar-refractivity contribution in [3.63, 3.8) is 0 Å². The van der Waals surface area contributed by atoms with Crippen molar-refractivity contribution in [3.05, 3.63) is 47.0 Å². The smallest absolute Gasteiger partial charge is 0.138 e. The molecule has 19 heavy (non-hydrogen) atoms. The lowest BCUT2D eigenvalue weighted by molar-refractivity contribution is 1.33. The molecular weight excluding hydrogens is 260 g/mol. The highest BCUT2D eigenvalue weighted by Gasteiger charge is 2.09. The number of fused-ring (bicyclic) bond motifs is 1. The van der Waals surface area contributed by atoms with Gasteiger partial charge in [-0.15, -0.1) is 0 Å². The highest BCUT2D eigenvalue weighted by Crippen LogP contribution is 2.27. The lowest BCUT2D eigenvalue weighted by atomic mass is 10.1. The zero-order valence-corrected chi connectivity index (χ0v) is 10.6. The molecule has 3 rings (SSSR count). The van der Waals surface area contributed by atoms with Crippen LogP contribution in [0.4, 0.5) is 5.69 Å². The fraction of sp³-hybridized carbons (Fsp3) is 0. The maximum atomic E-state index is 8.91. The number of aromatic amines is 1. The third-order valence-electron chi connectivity index (χ3n) is 2.85. The number of anilines is 1. The minimum absolute atomic E-state index is 0.529. The lowest BCUT2D eigenvalue weighted by Crippen LogP contribution is -1.86. The van der Waals surface area contributed by atoms with Crippen LogP contribution in [0.15, 0.2) is 36.4 Å². The van der Waals surface area contributed by atoms with Crippen LogP contribution in [-0.4, -0.2) is 9.97 Å². The number of hydrogen-bond donors (Lipinski definition) is 2. The van der Waals surface area contributed by atoms with Crippen LogP contribution in [0.1, 0.15) is 5.56 Å². The van der Waals surface area contributed by atoms with Gasteiger partial charge in [0.2, 0.25) is 0 Å². The van der Waals surface area contributed by atoms with E-state index in [2.05, 4.69) is 16.0 Å². The molecule has 1 aromatic heterocycles. The minimum Gasteiger partial charge on any atom is -0.397 e. The number of benzene rings is 2. The minimum atomic E-state index is 0.529. The van der Waals surface area contributed by atoms with Gasteiger partial charge in [-0.05, 0) is 24.3 Å². The normalized spacial score (nSPS) is 10.5. The summed E-state index contributed by atoms with van der Waals surface area (Å²) in [5.41, 5.74) is 9.30. The molecule has 2 aromatic carbocycles. The molecule has 0 atom stereocenters. The van der Waals surface area contributed by atoms with Crippen molar-refractivity contribution in [3.8, 4) is 17.5 Å². The molecule has 0 amide bonds. The van der Waals surface area contributed by atoms with Crippen molar-refractivity contribution < 1.29 is 0 Å². The van der Waals surface area contributed by atoms with Gasteiger partial charge in [-0.3, -0.25) is 0 Å². The van der Waals surface area contributed by atoms with Gasteiger partial charge in [0.15, 0.2) is 0 Å². The molecule has 0 saturated carbocycles. The van der Waals surface area contributed by atoms with Gasteiger partial charge in [-0.2, -0.15) is 5.26 Å². The number of halogens is 1. The molecule has 0 radical (unpaired) electrons. The van der Waals surface area contributed by atoms with E-state index < -0.39 is 0 Å². The van der Waals surface area contributed by atoms with E-state index in [0.717, 1.165) is 11.1 Å². The van der Waals surface area contributed by atoms with E-state index in [9.17, 15) is 0 Å². The molecule has 4 nitrogen and oxygen atoms in total. The van der Waals surface area contributed by atoms with Gasteiger partial charge in [0.05, 0.1) is 22.8 Å². The second-order valence-electron chi connectivity index (χ2n) is 4.17. The molecule has 1 heterocycles. The van der Waals surface area contributed by atoms with Crippen molar-refractivity contribution in [2.24, 2.45) is 0 Å². The number of nitriles is 1. The Morgan fingerprint density at radius 1 is 1.26 bits per heavy atom. The van der Waals surface area contributed by atoms with E-state index in [0.29, 0.717) is 27.6 Å². The molecule has 0 aliphatic heterocycles. The average molecular weight is 269 g/mol. The topological polar surface area (TPSA) is 78.5 Å². The number of H-pyrrole nitrogens is 1. The molecule has 0 aliphatic rings. The molecule has 5 heteroatoms. The van der Waals surface area contributed by atoms with Gasteiger partial charge in [-0.1, -0.05) is 23.7 Å². The van der Waals surface area contributed by atoms with Crippen LogP contribution < -0.4 is 5.73 Å². The van der Waals surface area contributed by atoms with E-state index in [1.165, 1.54) is 0 Å². The zero-order chi connectivity index (χ0) is 13.4. The fourth-order valence-electron chi connectivity index (χ4n) is 1.98. The summed E-state index contributed by atoms with van der Waals surface area (Å²) in [4.78, 5) is 7.61. The maximum Gasteiger partial charge on any atom is 0.138 e. The van der Waals surface area contributed by atoms with Crippen molar-refractivity contribution in [2.75, 3.05) is 5.73 Å². The predicted octanol–water partition coefficient (Wildman–Crippen LogP) is 3.34. The molecule has 0 spiro atoms. The third kappa shape index (κ3) is 2.01. The SMILES string of the molecule is N#Cc1cccc(-c2nc3c(N)cc(Cl)cc3[nH]2)c1. The summed E-state index contributed by atoms with van der Waals surface area (Å²) in [6.07, 6.45) is 0. The number of hydrogen-bond acceptors (Lipinski definition) is 3. The van der Waals surface area contributed by atoms with Crippen LogP contribution in [0.2, 0.25) is 5.02 Å². The van der Waals surface area contributed by atoms with Crippen molar-refractivity contribution in [2.45, 2.75) is 0 Å². The van der Waals surface area contributed by atoms with Crippen LogP contribution in [-0.2, 0) is 0 Å². The van der Waals surface area contributed by atoms with Gasteiger partial charge < -0.3 is 10.7 Å². The van der Waals surface area contributed by atoms with Gasteiger partial charge >= 0.3 is 0 Å². The van der Waals surface area contributed by atoms with Crippen LogP contribution in [0.3, 0.4) is 0 Å². The van der Waals surface area contributed by atoms with Gasteiger partial charge in [0, 0.05) is 10.6 Å². The summed E-state index contributed by atoms with van der Waals surface area (Å²) >= 11 is 5.96. The largest absolute Gasteiger partial charge is 0.397 e. The Labute approximate surface area is 114 Å². The van der Waals surface area contributed by atoms with Crippen LogP contribution in [0, 0.1) is 11.3 Å². The maximum absolute atomic E-state index is 8.91. The Hall–Kier alpha value is -2.51. The van der Waals surface area contributed by atoms with E-state index in [4.69, 9.17) is 22.6 Å². The Morgan fingerprint density at radius 3 is 2.89 bits per heavy atom. The Morgan fingerprint density at radius 2 is 2.11 bits per heavy atom. The summed E-state index contributed by atoms with van der Waals surface area (Å²) < 4.78 is 0. The van der Waals surface area contributed by atoms with E-state index in [1.54, 1.807) is 24.3 Å². The first-order valence-electron chi connectivity index (χ1n) is 5.62. The number of rotatable bonds is 1. The summed E-state index contributed by atoms with van der Waals surface area (Å²) in [7, 11) is 0. The molecule has 0 saturated heterocycles. The summed E-state index contributed by atoms with van der Waals surface area (Å²) in [6, 6.07) is 12.8. The van der Waals surface area contributed by atoms with Gasteiger partial charge in [0.25, 0.3) is 0 Å². The quantitative estimate of drug-likeness (QED) is 0.665. The molecule has 0 aliphatic carbocycles. The van der Waals surface area contributed by atoms with Gasteiger partial charge in [-0.25, -0.2) is 4.98 Å². The second kappa shape index (κ2) is 4.30. The molecule has 0 unspecified atom stereocenters. The summed E-state index contributed by atoms with van der Waals surface area (Å²) in [5.74, 6) is 0.668. The van der Waals surface area contributed by atoms with Crippen molar-refractivity contribution in [1.82, 2.24) is 9.97 Å². The fourth-order valence-corrected chi connectivity index (χ4v) is 2.21.